The first-order valence-corrected chi connectivity index (χ1v) is 12.8. The lowest BCUT2D eigenvalue weighted by molar-refractivity contribution is 0.184. The third-order valence-electron chi connectivity index (χ3n) is 3.51. The first-order valence-electron chi connectivity index (χ1n) is 8.59. The van der Waals surface area contributed by atoms with Crippen molar-refractivity contribution in [2.45, 2.75) is 79.6 Å². The van der Waals surface area contributed by atoms with Gasteiger partial charge in [0.1, 0.15) is 0 Å². The molecule has 0 saturated heterocycles. The maximum atomic E-state index is 13.2. The first kappa shape index (κ1) is 26.6. The van der Waals surface area contributed by atoms with E-state index in [0.717, 1.165) is 0 Å². The van der Waals surface area contributed by atoms with Crippen LogP contribution in [0.1, 0.15) is 55.4 Å². The van der Waals surface area contributed by atoms with Crippen molar-refractivity contribution in [3.8, 4) is 0 Å². The maximum Gasteiger partial charge on any atom is 0.414 e. The molecule has 0 aromatic carbocycles. The van der Waals surface area contributed by atoms with E-state index in [2.05, 4.69) is 0 Å². The van der Waals surface area contributed by atoms with E-state index >= 15 is 0 Å². The van der Waals surface area contributed by atoms with Crippen molar-refractivity contribution in [2.75, 3.05) is 14.2 Å². The van der Waals surface area contributed by atoms with Crippen LogP contribution < -0.4 is 5.50 Å². The molecular formula is C14H36N3O6P3. The molecule has 2 unspecified atom stereocenters. The highest BCUT2D eigenvalue weighted by Gasteiger charge is 2.44. The van der Waals surface area contributed by atoms with Gasteiger partial charge < -0.3 is 0 Å². The summed E-state index contributed by atoms with van der Waals surface area (Å²) in [5.41, 5.74) is 5.94. The zero-order valence-electron chi connectivity index (χ0n) is 17.6. The Bertz CT molecular complexity index is 458. The van der Waals surface area contributed by atoms with Gasteiger partial charge >= 0.3 is 15.5 Å². The van der Waals surface area contributed by atoms with E-state index in [4.69, 9.17) is 23.2 Å². The molecule has 2 N–H and O–H groups in total. The Balaban J connectivity index is 5.55. The molecule has 9 nitrogen and oxygen atoms in total. The molecule has 0 bridgehead atoms. The van der Waals surface area contributed by atoms with Gasteiger partial charge in [0.15, 0.2) is 0 Å². The van der Waals surface area contributed by atoms with Crippen molar-refractivity contribution in [2.24, 2.45) is 5.50 Å². The van der Waals surface area contributed by atoms with Gasteiger partial charge in [-0.2, -0.15) is 0 Å². The molecule has 0 radical (unpaired) electrons. The first-order chi connectivity index (χ1) is 11.8. The second-order valence-corrected chi connectivity index (χ2v) is 12.3. The molecule has 0 heterocycles. The van der Waals surface area contributed by atoms with Crippen molar-refractivity contribution in [1.29, 1.82) is 0 Å². The van der Waals surface area contributed by atoms with Crippen LogP contribution in [0, 0.1) is 0 Å². The van der Waals surface area contributed by atoms with Crippen LogP contribution in [-0.4, -0.2) is 47.7 Å². The lowest BCUT2D eigenvalue weighted by atomic mass is 10.3. The summed E-state index contributed by atoms with van der Waals surface area (Å²) in [4.78, 5) is 0. The van der Waals surface area contributed by atoms with E-state index in [0.29, 0.717) is 0 Å². The fourth-order valence-electron chi connectivity index (χ4n) is 2.88. The summed E-state index contributed by atoms with van der Waals surface area (Å²) >= 11 is 0. The van der Waals surface area contributed by atoms with E-state index in [1.165, 1.54) is 14.2 Å². The Morgan fingerprint density at radius 2 is 0.923 bits per heavy atom. The summed E-state index contributed by atoms with van der Waals surface area (Å²) in [7, 11) is -7.20. The third-order valence-corrected chi connectivity index (χ3v) is 10.4. The largest absolute Gasteiger partial charge is 0.414 e. The molecule has 0 saturated carbocycles. The minimum atomic E-state index is -3.74. The highest BCUT2D eigenvalue weighted by atomic mass is 31.3. The highest BCUT2D eigenvalue weighted by Crippen LogP contribution is 2.67. The number of nitrogens with two attached hydrogens (primary N) is 1. The Morgan fingerprint density at radius 1 is 0.692 bits per heavy atom. The van der Waals surface area contributed by atoms with E-state index < -0.39 is 24.0 Å². The quantitative estimate of drug-likeness (QED) is 0.426. The second kappa shape index (κ2) is 11.0. The molecule has 0 spiro atoms. The normalized spacial score (nSPS) is 19.0. The topological polar surface area (TPSA) is 104 Å². The summed E-state index contributed by atoms with van der Waals surface area (Å²) in [6.07, 6.45) is 0. The van der Waals surface area contributed by atoms with Crippen LogP contribution in [0.25, 0.3) is 0 Å². The van der Waals surface area contributed by atoms with E-state index in [9.17, 15) is 9.13 Å². The van der Waals surface area contributed by atoms with Crippen molar-refractivity contribution in [3.63, 3.8) is 0 Å². The zero-order chi connectivity index (χ0) is 20.9. The number of nitrogens with zero attached hydrogens (tertiary/aromatic N) is 2. The van der Waals surface area contributed by atoms with Crippen molar-refractivity contribution in [1.82, 2.24) is 9.34 Å². The molecule has 0 aliphatic rings. The van der Waals surface area contributed by atoms with Gasteiger partial charge in [-0.15, -0.1) is 0 Å². The van der Waals surface area contributed by atoms with Crippen LogP contribution in [0.4, 0.5) is 0 Å². The average Bonchev–Trinajstić information content (AvgIpc) is 2.44. The minimum Gasteiger partial charge on any atom is -0.300 e. The van der Waals surface area contributed by atoms with Crippen LogP contribution in [-0.2, 0) is 26.8 Å². The summed E-state index contributed by atoms with van der Waals surface area (Å²) in [5.74, 6) is 0. The van der Waals surface area contributed by atoms with Crippen molar-refractivity contribution < 1.29 is 26.8 Å². The Labute approximate surface area is 160 Å². The van der Waals surface area contributed by atoms with Gasteiger partial charge in [0.25, 0.3) is 8.53 Å². The number of hydrogen-bond donors (Lipinski definition) is 1. The summed E-state index contributed by atoms with van der Waals surface area (Å²) in [5, 5.41) is 0. The molecule has 2 atom stereocenters. The van der Waals surface area contributed by atoms with Gasteiger partial charge in [-0.3, -0.25) is 14.6 Å². The minimum absolute atomic E-state index is 0.124. The van der Waals surface area contributed by atoms with Crippen molar-refractivity contribution in [3.05, 3.63) is 0 Å². The van der Waals surface area contributed by atoms with E-state index in [1.807, 2.05) is 55.4 Å². The molecule has 0 aliphatic carbocycles. The fraction of sp³-hybridized carbons (Fsp3) is 1.00. The molecule has 0 aromatic rings. The van der Waals surface area contributed by atoms with E-state index in [1.54, 1.807) is 9.34 Å². The number of rotatable bonds is 12. The van der Waals surface area contributed by atoms with Gasteiger partial charge in [0.2, 0.25) is 0 Å². The van der Waals surface area contributed by atoms with Gasteiger partial charge in [0, 0.05) is 38.4 Å². The SMILES string of the molecule is COP(=O)(OP(N)OP(=O)(OC)N(C(C)C)C(C)C)N(C(C)C)C(C)C. The average molecular weight is 435 g/mol. The standard InChI is InChI=1S/C14H36N3O6P3/c1-11(2)16(12(3)4)25(18,20-9)22-24(15)23-26(19,21-10)17(13(5)6)14(7)8/h11-14H,15H2,1-10H3. The molecule has 0 rings (SSSR count). The van der Waals surface area contributed by atoms with Gasteiger partial charge in [-0.1, -0.05) is 0 Å². The van der Waals surface area contributed by atoms with Gasteiger partial charge in [0.05, 0.1) is 0 Å². The summed E-state index contributed by atoms with van der Waals surface area (Å²) < 4.78 is 50.8. The smallest absolute Gasteiger partial charge is 0.300 e. The van der Waals surface area contributed by atoms with Gasteiger partial charge in [-0.05, 0) is 55.4 Å². The molecule has 0 aromatic heterocycles. The van der Waals surface area contributed by atoms with E-state index in [-0.39, 0.29) is 24.2 Å². The third kappa shape index (κ3) is 6.89. The summed E-state index contributed by atoms with van der Waals surface area (Å²) in [6.45, 7) is 15.0. The molecule has 0 aliphatic heterocycles. The van der Waals surface area contributed by atoms with Crippen LogP contribution in [0.5, 0.6) is 0 Å². The maximum absolute atomic E-state index is 13.2. The molecule has 158 valence electrons. The Kier molecular flexibility index (Phi) is 11.2. The fourth-order valence-corrected chi connectivity index (χ4v) is 8.74. The van der Waals surface area contributed by atoms with Crippen LogP contribution >= 0.6 is 24.0 Å². The zero-order valence-corrected chi connectivity index (χ0v) is 20.3. The second-order valence-electron chi connectivity index (χ2n) is 6.89. The lowest BCUT2D eigenvalue weighted by Gasteiger charge is -2.38. The molecule has 26 heavy (non-hydrogen) atoms. The molecule has 12 heteroatoms. The summed E-state index contributed by atoms with van der Waals surface area (Å²) in [6, 6.07) is -0.495. The number of hydrogen-bond acceptors (Lipinski definition) is 7. The Morgan fingerprint density at radius 3 is 1.08 bits per heavy atom. The molecular weight excluding hydrogens is 399 g/mol. The molecule has 0 fully saturated rings. The predicted molar refractivity (Wildman–Crippen MR) is 107 cm³/mol. The predicted octanol–water partition coefficient (Wildman–Crippen LogP) is 4.95. The Hall–Kier alpha value is 0.610. The lowest BCUT2D eigenvalue weighted by Crippen LogP contribution is -2.36. The van der Waals surface area contributed by atoms with Crippen molar-refractivity contribution >= 4 is 24.0 Å². The monoisotopic (exact) mass is 435 g/mol. The van der Waals surface area contributed by atoms with Crippen LogP contribution in [0.3, 0.4) is 0 Å². The molecule has 0 amide bonds. The van der Waals surface area contributed by atoms with Crippen LogP contribution in [0.15, 0.2) is 0 Å². The van der Waals surface area contributed by atoms with Gasteiger partial charge in [-0.25, -0.2) is 27.1 Å². The highest BCUT2D eigenvalue weighted by molar-refractivity contribution is 7.67. The van der Waals surface area contributed by atoms with Crippen LogP contribution in [0.2, 0.25) is 0 Å².